The Balaban J connectivity index is 1.65. The Labute approximate surface area is 301 Å². The first-order valence-corrected chi connectivity index (χ1v) is 15.7. The molecule has 8 rings (SSSR count). The molecule has 284 valence electrons. The number of aromatic amines is 3. The topological polar surface area (TPSA) is 60.3 Å². The maximum Gasteiger partial charge on any atom is 0.200 e. The second kappa shape index (κ2) is 12.7. The summed E-state index contributed by atoms with van der Waals surface area (Å²) in [7, 11) is 0. The molecule has 5 heterocycles. The first-order valence-electron chi connectivity index (χ1n) is 15.7. The Morgan fingerprint density at radius 2 is 0.554 bits per heavy atom. The normalized spacial score (nSPS) is 12.1. The van der Waals surface area contributed by atoms with E-state index in [4.69, 9.17) is 0 Å². The molecule has 0 unspecified atom stereocenters. The van der Waals surface area contributed by atoms with Crippen LogP contribution in [0.3, 0.4) is 0 Å². The van der Waals surface area contributed by atoms with E-state index in [1.165, 1.54) is 12.1 Å². The molecule has 0 radical (unpaired) electrons. The SMILES string of the molecule is Cc1c(F)c(F)c(-c2c3nc(c(-c4c(F)c(F)c(F)c(F)c4F)c4ccc([nH]4)c(-c4c(F)c(F)c(F)c(F)c4F)c4ccc([nH]4)c4ccc2[nH]4)C=C3)c(F)c1F. The summed E-state index contributed by atoms with van der Waals surface area (Å²) in [6.45, 7) is 0.754. The fraction of sp³-hybridized carbons (Fsp3) is 0.0263. The third-order valence-corrected chi connectivity index (χ3v) is 9.23. The molecular weight excluding hydrogens is 778 g/mol. The molecule has 0 saturated heterocycles. The second-order valence-corrected chi connectivity index (χ2v) is 12.3. The van der Waals surface area contributed by atoms with E-state index in [-0.39, 0.29) is 16.6 Å². The van der Waals surface area contributed by atoms with Crippen molar-refractivity contribution < 1.29 is 61.5 Å². The van der Waals surface area contributed by atoms with E-state index < -0.39 is 148 Å². The van der Waals surface area contributed by atoms with E-state index in [0.29, 0.717) is 0 Å². The fourth-order valence-corrected chi connectivity index (χ4v) is 6.55. The Bertz CT molecular complexity index is 2960. The maximum absolute atomic E-state index is 15.7. The van der Waals surface area contributed by atoms with Crippen LogP contribution in [0.2, 0.25) is 0 Å². The van der Waals surface area contributed by atoms with Gasteiger partial charge in [0.15, 0.2) is 69.8 Å². The molecule has 0 amide bonds. The summed E-state index contributed by atoms with van der Waals surface area (Å²) in [6.07, 6.45) is 1.81. The lowest BCUT2D eigenvalue weighted by atomic mass is 9.99. The summed E-state index contributed by atoms with van der Waals surface area (Å²) in [5.41, 5.74) is -11.3. The van der Waals surface area contributed by atoms with Gasteiger partial charge < -0.3 is 15.0 Å². The molecule has 3 N–H and O–H groups in total. The van der Waals surface area contributed by atoms with Crippen molar-refractivity contribution in [3.8, 4) is 33.4 Å². The number of nitrogens with one attached hydrogen (secondary N) is 3. The number of hydrogen-bond acceptors (Lipinski definition) is 1. The summed E-state index contributed by atoms with van der Waals surface area (Å²) in [4.78, 5) is 12.0. The standard InChI is InChI=1S/C38H14F14N4/c1-10-25(39)27(41)22(28(42)26(10)40)19-13-4-2-11(53-13)12-3-5-14(54-12)20(23-29(43)33(47)37(51)34(48)30(23)44)16-7-9-18(56-16)21(17-8-6-15(19)55-17)24-31(45)35(49)38(52)36(50)32(24)46/h2-9,53-54,56H,1H3. The molecular formula is C38H14F14N4. The summed E-state index contributed by atoms with van der Waals surface area (Å²) >= 11 is 0. The van der Waals surface area contributed by atoms with Gasteiger partial charge in [0, 0.05) is 44.3 Å². The van der Waals surface area contributed by atoms with Crippen LogP contribution in [0.1, 0.15) is 17.0 Å². The van der Waals surface area contributed by atoms with E-state index in [9.17, 15) is 35.1 Å². The molecule has 18 heteroatoms. The third kappa shape index (κ3) is 5.11. The number of H-pyrrole nitrogens is 3. The lowest BCUT2D eigenvalue weighted by molar-refractivity contribution is 0.381. The van der Waals surface area contributed by atoms with Crippen molar-refractivity contribution in [2.24, 2.45) is 0 Å². The second-order valence-electron chi connectivity index (χ2n) is 12.3. The van der Waals surface area contributed by atoms with Crippen LogP contribution in [0.4, 0.5) is 61.5 Å². The van der Waals surface area contributed by atoms with Crippen LogP contribution in [0.25, 0.3) is 78.6 Å². The number of hydrogen-bond donors (Lipinski definition) is 3. The first kappa shape index (κ1) is 36.4. The van der Waals surface area contributed by atoms with Crippen LogP contribution < -0.4 is 0 Å². The Kier molecular flexibility index (Phi) is 8.28. The molecule has 0 spiro atoms. The Morgan fingerprint density at radius 1 is 0.304 bits per heavy atom. The molecule has 7 aromatic rings. The number of fused-ring (bicyclic) bond motifs is 9. The van der Waals surface area contributed by atoms with E-state index in [2.05, 4.69) is 19.9 Å². The van der Waals surface area contributed by atoms with Crippen molar-refractivity contribution in [3.63, 3.8) is 0 Å². The van der Waals surface area contributed by atoms with Crippen LogP contribution in [0.5, 0.6) is 0 Å². The number of halogens is 14. The molecule has 1 aliphatic heterocycles. The molecule has 0 fully saturated rings. The predicted octanol–water partition coefficient (Wildman–Crippen LogP) is 12.0. The highest BCUT2D eigenvalue weighted by Crippen LogP contribution is 2.42. The van der Waals surface area contributed by atoms with E-state index in [1.807, 2.05) is 0 Å². The molecule has 56 heavy (non-hydrogen) atoms. The van der Waals surface area contributed by atoms with E-state index >= 15 is 26.3 Å². The third-order valence-electron chi connectivity index (χ3n) is 9.23. The van der Waals surface area contributed by atoms with Gasteiger partial charge in [-0.2, -0.15) is 0 Å². The molecule has 1 aliphatic rings. The molecule has 0 aliphatic carbocycles. The Morgan fingerprint density at radius 3 is 0.911 bits per heavy atom. The van der Waals surface area contributed by atoms with Crippen molar-refractivity contribution >= 4 is 45.3 Å². The van der Waals surface area contributed by atoms with E-state index in [1.54, 1.807) is 0 Å². The highest BCUT2D eigenvalue weighted by Gasteiger charge is 2.32. The predicted molar refractivity (Wildman–Crippen MR) is 176 cm³/mol. The average molecular weight is 793 g/mol. The summed E-state index contributed by atoms with van der Waals surface area (Å²) in [6, 6.07) is 6.50. The molecule has 0 atom stereocenters. The fourth-order valence-electron chi connectivity index (χ4n) is 6.55. The minimum Gasteiger partial charge on any atom is -0.354 e. The van der Waals surface area contributed by atoms with Crippen molar-refractivity contribution in [1.82, 2.24) is 19.9 Å². The largest absolute Gasteiger partial charge is 0.354 e. The van der Waals surface area contributed by atoms with Crippen molar-refractivity contribution in [2.45, 2.75) is 6.92 Å². The van der Waals surface area contributed by atoms with Gasteiger partial charge in [0.1, 0.15) is 0 Å². The number of benzene rings is 3. The van der Waals surface area contributed by atoms with Gasteiger partial charge in [-0.15, -0.1) is 0 Å². The highest BCUT2D eigenvalue weighted by molar-refractivity contribution is 6.00. The van der Waals surface area contributed by atoms with E-state index in [0.717, 1.165) is 43.3 Å². The monoisotopic (exact) mass is 792 g/mol. The lowest BCUT2D eigenvalue weighted by Crippen LogP contribution is -2.05. The van der Waals surface area contributed by atoms with Gasteiger partial charge in [-0.3, -0.25) is 0 Å². The molecule has 4 aromatic heterocycles. The van der Waals surface area contributed by atoms with Gasteiger partial charge in [0.25, 0.3) is 0 Å². The highest BCUT2D eigenvalue weighted by atomic mass is 19.2. The van der Waals surface area contributed by atoms with Gasteiger partial charge in [-0.25, -0.2) is 66.4 Å². The van der Waals surface area contributed by atoms with Gasteiger partial charge in [-0.05, 0) is 55.5 Å². The van der Waals surface area contributed by atoms with Gasteiger partial charge in [0.2, 0.25) is 11.6 Å². The van der Waals surface area contributed by atoms with Crippen LogP contribution in [-0.2, 0) is 0 Å². The van der Waals surface area contributed by atoms with Crippen LogP contribution in [0, 0.1) is 88.4 Å². The van der Waals surface area contributed by atoms with Gasteiger partial charge in [0.05, 0.1) is 39.1 Å². The van der Waals surface area contributed by atoms with Gasteiger partial charge in [-0.1, -0.05) is 0 Å². The minimum absolute atomic E-state index is 0.00290. The van der Waals surface area contributed by atoms with Crippen molar-refractivity contribution in [2.75, 3.05) is 0 Å². The van der Waals surface area contributed by atoms with Crippen molar-refractivity contribution in [1.29, 1.82) is 0 Å². The summed E-state index contributed by atoms with van der Waals surface area (Å²) in [5.74, 6) is -31.6. The number of rotatable bonds is 3. The average Bonchev–Trinajstić information content (AvgIpc) is 4.03. The summed E-state index contributed by atoms with van der Waals surface area (Å²) < 4.78 is 211. The molecule has 4 nitrogen and oxygen atoms in total. The maximum atomic E-state index is 15.7. The van der Waals surface area contributed by atoms with Gasteiger partial charge >= 0.3 is 0 Å². The first-order chi connectivity index (χ1) is 26.5. The molecule has 0 saturated carbocycles. The number of nitrogens with zero attached hydrogens (tertiary/aromatic N) is 1. The van der Waals surface area contributed by atoms with Crippen LogP contribution >= 0.6 is 0 Å². The quantitative estimate of drug-likeness (QED) is 0.0931. The zero-order valence-electron chi connectivity index (χ0n) is 27.4. The molecule has 3 aromatic carbocycles. The number of aromatic nitrogens is 4. The lowest BCUT2D eigenvalue weighted by Gasteiger charge is -2.11. The zero-order chi connectivity index (χ0) is 40.2. The van der Waals surface area contributed by atoms with Crippen LogP contribution in [0.15, 0.2) is 36.4 Å². The molecule has 8 bridgehead atoms. The minimum atomic E-state index is -2.57. The van der Waals surface area contributed by atoms with Crippen LogP contribution in [-0.4, -0.2) is 19.9 Å². The Hall–Kier alpha value is -6.59. The smallest absolute Gasteiger partial charge is 0.200 e. The zero-order valence-corrected chi connectivity index (χ0v) is 27.4. The summed E-state index contributed by atoms with van der Waals surface area (Å²) in [5, 5.41) is 0. The van der Waals surface area contributed by atoms with Crippen molar-refractivity contribution in [3.05, 3.63) is 135 Å².